The summed E-state index contributed by atoms with van der Waals surface area (Å²) in [5, 5.41) is 8.17. The van der Waals surface area contributed by atoms with Crippen LogP contribution in [0.25, 0.3) is 10.1 Å². The van der Waals surface area contributed by atoms with Crippen LogP contribution >= 0.6 is 22.9 Å². The lowest BCUT2D eigenvalue weighted by Gasteiger charge is -2.30. The fraction of sp³-hybridized carbons (Fsp3) is 0.438. The molecule has 0 spiro atoms. The molecule has 2 unspecified atom stereocenters. The molecule has 112 valence electrons. The van der Waals surface area contributed by atoms with Gasteiger partial charge in [0.15, 0.2) is 0 Å². The van der Waals surface area contributed by atoms with Crippen molar-refractivity contribution in [3.05, 3.63) is 33.7 Å². The third-order valence-corrected chi connectivity index (χ3v) is 5.79. The van der Waals surface area contributed by atoms with E-state index in [2.05, 4.69) is 17.6 Å². The molecule has 1 aliphatic heterocycles. The average molecular weight is 323 g/mol. The third kappa shape index (κ3) is 2.93. The molecule has 1 aromatic heterocycles. The Morgan fingerprint density at radius 3 is 3.00 bits per heavy atom. The first-order chi connectivity index (χ1) is 10.1. The second kappa shape index (κ2) is 5.95. The van der Waals surface area contributed by atoms with Crippen LogP contribution in [0.2, 0.25) is 5.02 Å². The Kier molecular flexibility index (Phi) is 4.20. The Hall–Kier alpha value is -1.10. The van der Waals surface area contributed by atoms with E-state index in [-0.39, 0.29) is 11.9 Å². The van der Waals surface area contributed by atoms with E-state index in [0.29, 0.717) is 10.9 Å². The van der Waals surface area contributed by atoms with E-state index in [1.165, 1.54) is 11.3 Å². The molecule has 0 radical (unpaired) electrons. The lowest BCUT2D eigenvalue weighted by Crippen LogP contribution is -2.50. The Bertz CT molecular complexity index is 643. The summed E-state index contributed by atoms with van der Waals surface area (Å²) < 4.78 is 1.10. The van der Waals surface area contributed by atoms with E-state index in [1.807, 2.05) is 25.1 Å². The SMILES string of the molecule is Cc1ccc(Cl)c2cc(C(=O)NC3CNCCC3C)sc12. The summed E-state index contributed by atoms with van der Waals surface area (Å²) in [6.45, 7) is 6.12. The molecule has 3 nitrogen and oxygen atoms in total. The van der Waals surface area contributed by atoms with Crippen molar-refractivity contribution in [3.63, 3.8) is 0 Å². The molecule has 2 N–H and O–H groups in total. The highest BCUT2D eigenvalue weighted by atomic mass is 35.5. The molecule has 1 saturated heterocycles. The van der Waals surface area contributed by atoms with Gasteiger partial charge in [0.1, 0.15) is 0 Å². The fourth-order valence-corrected chi connectivity index (χ4v) is 4.08. The maximum absolute atomic E-state index is 12.5. The van der Waals surface area contributed by atoms with Gasteiger partial charge < -0.3 is 10.6 Å². The zero-order valence-electron chi connectivity index (χ0n) is 12.2. The molecule has 2 atom stereocenters. The predicted molar refractivity (Wildman–Crippen MR) is 89.5 cm³/mol. The van der Waals surface area contributed by atoms with Crippen LogP contribution in [-0.2, 0) is 0 Å². The van der Waals surface area contributed by atoms with Gasteiger partial charge in [0.2, 0.25) is 0 Å². The van der Waals surface area contributed by atoms with Gasteiger partial charge in [-0.1, -0.05) is 24.6 Å². The van der Waals surface area contributed by atoms with E-state index in [9.17, 15) is 4.79 Å². The van der Waals surface area contributed by atoms with Crippen LogP contribution in [0.3, 0.4) is 0 Å². The van der Waals surface area contributed by atoms with Crippen LogP contribution in [-0.4, -0.2) is 25.0 Å². The molecule has 1 aliphatic rings. The van der Waals surface area contributed by atoms with Gasteiger partial charge in [-0.15, -0.1) is 11.3 Å². The second-order valence-corrected chi connectivity index (χ2v) is 7.23. The average Bonchev–Trinajstić information content (AvgIpc) is 2.92. The highest BCUT2D eigenvalue weighted by Crippen LogP contribution is 2.33. The molecule has 3 rings (SSSR count). The highest BCUT2D eigenvalue weighted by molar-refractivity contribution is 7.21. The number of carbonyl (C=O) groups excluding carboxylic acids is 1. The van der Waals surface area contributed by atoms with E-state index in [1.54, 1.807) is 0 Å². The molecular formula is C16H19ClN2OS. The Labute approximate surface area is 133 Å². The maximum atomic E-state index is 12.5. The predicted octanol–water partition coefficient (Wildman–Crippen LogP) is 3.59. The smallest absolute Gasteiger partial charge is 0.261 e. The number of halogens is 1. The maximum Gasteiger partial charge on any atom is 0.261 e. The molecule has 0 saturated carbocycles. The highest BCUT2D eigenvalue weighted by Gasteiger charge is 2.24. The van der Waals surface area contributed by atoms with Crippen LogP contribution in [0.1, 0.15) is 28.6 Å². The molecule has 2 aromatic rings. The van der Waals surface area contributed by atoms with Crippen molar-refractivity contribution in [1.29, 1.82) is 0 Å². The van der Waals surface area contributed by atoms with Crippen molar-refractivity contribution in [3.8, 4) is 0 Å². The van der Waals surface area contributed by atoms with Gasteiger partial charge in [-0.05, 0) is 43.5 Å². The second-order valence-electron chi connectivity index (χ2n) is 5.77. The number of hydrogen-bond acceptors (Lipinski definition) is 3. The Morgan fingerprint density at radius 1 is 1.48 bits per heavy atom. The molecule has 1 aromatic carbocycles. The summed E-state index contributed by atoms with van der Waals surface area (Å²) in [7, 11) is 0. The topological polar surface area (TPSA) is 41.1 Å². The van der Waals surface area contributed by atoms with E-state index >= 15 is 0 Å². The summed E-state index contributed by atoms with van der Waals surface area (Å²) in [6, 6.07) is 6.00. The summed E-state index contributed by atoms with van der Waals surface area (Å²) in [6.07, 6.45) is 1.10. The van der Waals surface area contributed by atoms with Crippen molar-refractivity contribution in [2.45, 2.75) is 26.3 Å². The zero-order chi connectivity index (χ0) is 15.0. The number of benzene rings is 1. The lowest BCUT2D eigenvalue weighted by molar-refractivity contribution is 0.0919. The molecule has 0 bridgehead atoms. The van der Waals surface area contributed by atoms with Crippen molar-refractivity contribution in [2.75, 3.05) is 13.1 Å². The van der Waals surface area contributed by atoms with Crippen LogP contribution in [0, 0.1) is 12.8 Å². The van der Waals surface area contributed by atoms with Crippen LogP contribution in [0.5, 0.6) is 0 Å². The van der Waals surface area contributed by atoms with Crippen molar-refractivity contribution >= 4 is 38.9 Å². The Balaban J connectivity index is 1.84. The molecule has 2 heterocycles. The van der Waals surface area contributed by atoms with Gasteiger partial charge >= 0.3 is 0 Å². The molecular weight excluding hydrogens is 304 g/mol. The summed E-state index contributed by atoms with van der Waals surface area (Å²) in [5.41, 5.74) is 1.16. The number of aryl methyl sites for hydroxylation is 1. The van der Waals surface area contributed by atoms with Crippen LogP contribution < -0.4 is 10.6 Å². The minimum absolute atomic E-state index is 0.00668. The van der Waals surface area contributed by atoms with Crippen LogP contribution in [0.15, 0.2) is 18.2 Å². The number of thiophene rings is 1. The van der Waals surface area contributed by atoms with Crippen molar-refractivity contribution < 1.29 is 4.79 Å². The minimum atomic E-state index is 0.00668. The summed E-state index contributed by atoms with van der Waals surface area (Å²) >= 11 is 7.75. The quantitative estimate of drug-likeness (QED) is 0.887. The number of amides is 1. The Morgan fingerprint density at radius 2 is 2.29 bits per heavy atom. The minimum Gasteiger partial charge on any atom is -0.347 e. The zero-order valence-corrected chi connectivity index (χ0v) is 13.8. The molecule has 0 aliphatic carbocycles. The molecule has 1 amide bonds. The molecule has 1 fully saturated rings. The number of rotatable bonds is 2. The molecule has 5 heteroatoms. The van der Waals surface area contributed by atoms with Gasteiger partial charge in [-0.25, -0.2) is 0 Å². The van der Waals surface area contributed by atoms with Gasteiger partial charge in [0, 0.05) is 27.7 Å². The normalized spacial score (nSPS) is 22.4. The van der Waals surface area contributed by atoms with Crippen molar-refractivity contribution in [1.82, 2.24) is 10.6 Å². The van der Waals surface area contributed by atoms with Crippen LogP contribution in [0.4, 0.5) is 0 Å². The first-order valence-corrected chi connectivity index (χ1v) is 8.46. The number of piperidine rings is 1. The number of fused-ring (bicyclic) bond motifs is 1. The first-order valence-electron chi connectivity index (χ1n) is 7.26. The van der Waals surface area contributed by atoms with Gasteiger partial charge in [-0.3, -0.25) is 4.79 Å². The van der Waals surface area contributed by atoms with E-state index < -0.39 is 0 Å². The van der Waals surface area contributed by atoms with Gasteiger partial charge in [-0.2, -0.15) is 0 Å². The first kappa shape index (κ1) is 14.8. The monoisotopic (exact) mass is 322 g/mol. The van der Waals surface area contributed by atoms with Crippen molar-refractivity contribution in [2.24, 2.45) is 5.92 Å². The third-order valence-electron chi connectivity index (χ3n) is 4.20. The standard InChI is InChI=1S/C16H19ClN2OS/c1-9-5-6-18-8-13(9)19-16(20)14-7-11-12(17)4-3-10(2)15(11)21-14/h3-4,7,9,13,18H,5-6,8H2,1-2H3,(H,19,20). The molecule has 21 heavy (non-hydrogen) atoms. The summed E-state index contributed by atoms with van der Waals surface area (Å²) in [5.74, 6) is 0.516. The number of carbonyl (C=O) groups is 1. The van der Waals surface area contributed by atoms with E-state index in [0.717, 1.165) is 40.0 Å². The number of hydrogen-bond donors (Lipinski definition) is 2. The van der Waals surface area contributed by atoms with E-state index in [4.69, 9.17) is 11.6 Å². The summed E-state index contributed by atoms with van der Waals surface area (Å²) in [4.78, 5) is 13.2. The van der Waals surface area contributed by atoms with Gasteiger partial charge in [0.05, 0.1) is 4.88 Å². The van der Waals surface area contributed by atoms with Gasteiger partial charge in [0.25, 0.3) is 5.91 Å². The largest absolute Gasteiger partial charge is 0.347 e. The lowest BCUT2D eigenvalue weighted by atomic mass is 9.95. The fourth-order valence-electron chi connectivity index (χ4n) is 2.76. The number of nitrogens with one attached hydrogen (secondary N) is 2.